The topological polar surface area (TPSA) is 23.6 Å². The summed E-state index contributed by atoms with van der Waals surface area (Å²) >= 11 is 5.71. The van der Waals surface area contributed by atoms with Gasteiger partial charge in [-0.3, -0.25) is 9.69 Å². The van der Waals surface area contributed by atoms with E-state index < -0.39 is 0 Å². The van der Waals surface area contributed by atoms with E-state index in [9.17, 15) is 4.79 Å². The van der Waals surface area contributed by atoms with Crippen LogP contribution in [0.25, 0.3) is 0 Å². The number of rotatable bonds is 3. The molecule has 0 bridgehead atoms. The first-order chi connectivity index (χ1) is 7.10. The minimum Gasteiger partial charge on any atom is -0.340 e. The Morgan fingerprint density at radius 1 is 1.53 bits per heavy atom. The maximum atomic E-state index is 11.9. The minimum atomic E-state index is -0.0485. The second-order valence-electron chi connectivity index (χ2n) is 4.38. The Bertz CT molecular complexity index is 223. The molecule has 2 unspecified atom stereocenters. The first kappa shape index (κ1) is 12.8. The molecule has 0 spiro atoms. The summed E-state index contributed by atoms with van der Waals surface area (Å²) in [5, 5.41) is 0. The summed E-state index contributed by atoms with van der Waals surface area (Å²) in [4.78, 5) is 16.2. The molecule has 0 aromatic heterocycles. The van der Waals surface area contributed by atoms with Crippen LogP contribution in [0.1, 0.15) is 20.3 Å². The monoisotopic (exact) mass is 232 g/mol. The fourth-order valence-electron chi connectivity index (χ4n) is 1.96. The Labute approximate surface area is 97.4 Å². The Hall–Kier alpha value is -0.280. The van der Waals surface area contributed by atoms with E-state index in [-0.39, 0.29) is 11.8 Å². The molecule has 1 rings (SSSR count). The van der Waals surface area contributed by atoms with Crippen LogP contribution in [0.5, 0.6) is 0 Å². The average Bonchev–Trinajstić information content (AvgIpc) is 2.27. The van der Waals surface area contributed by atoms with Gasteiger partial charge in [-0.25, -0.2) is 0 Å². The number of nitrogens with zero attached hydrogens (tertiary/aromatic N) is 2. The third-order valence-electron chi connectivity index (χ3n) is 3.21. The normalized spacial score (nSPS) is 25.3. The fourth-order valence-corrected chi connectivity index (χ4v) is 2.10. The highest BCUT2D eigenvalue weighted by molar-refractivity contribution is 6.19. The summed E-state index contributed by atoms with van der Waals surface area (Å²) in [6.45, 7) is 6.73. The Morgan fingerprint density at radius 3 is 2.73 bits per heavy atom. The van der Waals surface area contributed by atoms with E-state index in [0.717, 1.165) is 26.1 Å². The molecule has 1 aliphatic rings. The van der Waals surface area contributed by atoms with Crippen LogP contribution in [0.3, 0.4) is 0 Å². The summed E-state index contributed by atoms with van der Waals surface area (Å²) in [6.07, 6.45) is 1.09. The van der Waals surface area contributed by atoms with Crippen LogP contribution >= 0.6 is 11.6 Å². The first-order valence-corrected chi connectivity index (χ1v) is 6.18. The molecule has 0 saturated carbocycles. The molecule has 15 heavy (non-hydrogen) atoms. The lowest BCUT2D eigenvalue weighted by Gasteiger charge is -2.39. The van der Waals surface area contributed by atoms with Crippen molar-refractivity contribution < 1.29 is 4.79 Å². The number of amides is 1. The van der Waals surface area contributed by atoms with Gasteiger partial charge in [0.25, 0.3) is 0 Å². The zero-order valence-electron chi connectivity index (χ0n) is 9.87. The van der Waals surface area contributed by atoms with E-state index in [1.165, 1.54) is 0 Å². The summed E-state index contributed by atoms with van der Waals surface area (Å²) in [6, 6.07) is 0.505. The van der Waals surface area contributed by atoms with Crippen molar-refractivity contribution in [2.75, 3.05) is 32.6 Å². The number of likely N-dealkylation sites (N-methyl/N-ethyl adjacent to an activating group) is 1. The van der Waals surface area contributed by atoms with Crippen molar-refractivity contribution in [3.63, 3.8) is 0 Å². The Kier molecular flexibility index (Phi) is 4.87. The number of halogens is 1. The van der Waals surface area contributed by atoms with Gasteiger partial charge in [-0.15, -0.1) is 11.6 Å². The molecule has 1 amide bonds. The molecule has 1 aliphatic heterocycles. The summed E-state index contributed by atoms with van der Waals surface area (Å²) in [5.41, 5.74) is 0. The third kappa shape index (κ3) is 3.08. The minimum absolute atomic E-state index is 0.0485. The van der Waals surface area contributed by atoms with Gasteiger partial charge in [0.1, 0.15) is 0 Å². The molecular formula is C11H21ClN2O. The van der Waals surface area contributed by atoms with E-state index in [2.05, 4.69) is 18.9 Å². The van der Waals surface area contributed by atoms with Crippen molar-refractivity contribution in [2.24, 2.45) is 5.92 Å². The Balaban J connectivity index is 2.54. The van der Waals surface area contributed by atoms with E-state index >= 15 is 0 Å². The molecule has 0 radical (unpaired) electrons. The van der Waals surface area contributed by atoms with E-state index in [1.807, 2.05) is 11.8 Å². The van der Waals surface area contributed by atoms with Gasteiger partial charge in [0.15, 0.2) is 0 Å². The standard InChI is InChI=1S/C11H21ClN2O/c1-4-10-8-14(6-5-13(10)3)11(15)9(2)7-12/h9-10H,4-8H2,1-3H3. The number of carbonyl (C=O) groups excluding carboxylic acids is 1. The zero-order chi connectivity index (χ0) is 11.4. The van der Waals surface area contributed by atoms with Gasteiger partial charge in [-0.05, 0) is 13.5 Å². The predicted octanol–water partition coefficient (Wildman–Crippen LogP) is 1.41. The molecule has 0 aromatic rings. The molecule has 2 atom stereocenters. The van der Waals surface area contributed by atoms with Crippen LogP contribution < -0.4 is 0 Å². The number of alkyl halides is 1. The zero-order valence-corrected chi connectivity index (χ0v) is 10.6. The SMILES string of the molecule is CCC1CN(C(=O)C(C)CCl)CCN1C. The summed E-state index contributed by atoms with van der Waals surface area (Å²) in [5.74, 6) is 0.575. The third-order valence-corrected chi connectivity index (χ3v) is 3.68. The van der Waals surface area contributed by atoms with Crippen LogP contribution in [0.2, 0.25) is 0 Å². The van der Waals surface area contributed by atoms with Gasteiger partial charge >= 0.3 is 0 Å². The van der Waals surface area contributed by atoms with Gasteiger partial charge in [0, 0.05) is 37.5 Å². The molecule has 1 fully saturated rings. The summed E-state index contributed by atoms with van der Waals surface area (Å²) < 4.78 is 0. The molecule has 0 N–H and O–H groups in total. The lowest BCUT2D eigenvalue weighted by atomic mass is 10.1. The fraction of sp³-hybridized carbons (Fsp3) is 0.909. The second-order valence-corrected chi connectivity index (χ2v) is 4.69. The molecule has 88 valence electrons. The largest absolute Gasteiger partial charge is 0.340 e. The highest BCUT2D eigenvalue weighted by atomic mass is 35.5. The molecule has 1 saturated heterocycles. The van der Waals surface area contributed by atoms with Crippen LogP contribution in [0.4, 0.5) is 0 Å². The predicted molar refractivity (Wildman–Crippen MR) is 63.2 cm³/mol. The first-order valence-electron chi connectivity index (χ1n) is 5.65. The number of piperazine rings is 1. The lowest BCUT2D eigenvalue weighted by molar-refractivity contribution is -0.137. The molecule has 3 nitrogen and oxygen atoms in total. The van der Waals surface area contributed by atoms with Gasteiger partial charge in [0.2, 0.25) is 5.91 Å². The maximum absolute atomic E-state index is 11.9. The Morgan fingerprint density at radius 2 is 2.20 bits per heavy atom. The van der Waals surface area contributed by atoms with Crippen LogP contribution in [0.15, 0.2) is 0 Å². The van der Waals surface area contributed by atoms with Gasteiger partial charge < -0.3 is 4.90 Å². The quantitative estimate of drug-likeness (QED) is 0.688. The van der Waals surface area contributed by atoms with Crippen molar-refractivity contribution in [3.05, 3.63) is 0 Å². The summed E-state index contributed by atoms with van der Waals surface area (Å²) in [7, 11) is 2.13. The smallest absolute Gasteiger partial charge is 0.226 e. The van der Waals surface area contributed by atoms with Crippen molar-refractivity contribution in [3.8, 4) is 0 Å². The number of carbonyl (C=O) groups is 1. The molecule has 4 heteroatoms. The molecule has 0 aliphatic carbocycles. The highest BCUT2D eigenvalue weighted by Gasteiger charge is 2.28. The average molecular weight is 233 g/mol. The second kappa shape index (κ2) is 5.71. The van der Waals surface area contributed by atoms with Crippen LogP contribution in [-0.2, 0) is 4.79 Å². The van der Waals surface area contributed by atoms with Gasteiger partial charge in [-0.2, -0.15) is 0 Å². The molecular weight excluding hydrogens is 212 g/mol. The highest BCUT2D eigenvalue weighted by Crippen LogP contribution is 2.13. The van der Waals surface area contributed by atoms with Crippen molar-refractivity contribution in [1.82, 2.24) is 9.80 Å². The van der Waals surface area contributed by atoms with Crippen molar-refractivity contribution >= 4 is 17.5 Å². The van der Waals surface area contributed by atoms with E-state index in [1.54, 1.807) is 0 Å². The van der Waals surface area contributed by atoms with Crippen molar-refractivity contribution in [2.45, 2.75) is 26.3 Å². The molecule has 0 aromatic carbocycles. The van der Waals surface area contributed by atoms with Crippen LogP contribution in [0, 0.1) is 5.92 Å². The maximum Gasteiger partial charge on any atom is 0.226 e. The van der Waals surface area contributed by atoms with Crippen LogP contribution in [-0.4, -0.2) is 54.3 Å². The van der Waals surface area contributed by atoms with Crippen molar-refractivity contribution in [1.29, 1.82) is 0 Å². The van der Waals surface area contributed by atoms with Gasteiger partial charge in [0.05, 0.1) is 0 Å². The van der Waals surface area contributed by atoms with E-state index in [0.29, 0.717) is 11.9 Å². The van der Waals surface area contributed by atoms with Gasteiger partial charge in [-0.1, -0.05) is 13.8 Å². The molecule has 1 heterocycles. The number of hydrogen-bond acceptors (Lipinski definition) is 2. The lowest BCUT2D eigenvalue weighted by Crippen LogP contribution is -2.54. The number of hydrogen-bond donors (Lipinski definition) is 0. The van der Waals surface area contributed by atoms with E-state index in [4.69, 9.17) is 11.6 Å².